The summed E-state index contributed by atoms with van der Waals surface area (Å²) in [5.41, 5.74) is 1.06. The predicted octanol–water partition coefficient (Wildman–Crippen LogP) is 2.23. The van der Waals surface area contributed by atoms with E-state index in [0.29, 0.717) is 17.7 Å². The van der Waals surface area contributed by atoms with E-state index in [9.17, 15) is 9.59 Å². The van der Waals surface area contributed by atoms with Gasteiger partial charge in [0.2, 0.25) is 0 Å². The fourth-order valence-corrected chi connectivity index (χ4v) is 2.34. The highest BCUT2D eigenvalue weighted by Gasteiger charge is 2.30. The van der Waals surface area contributed by atoms with Crippen LogP contribution in [-0.4, -0.2) is 36.7 Å². The zero-order chi connectivity index (χ0) is 15.6. The van der Waals surface area contributed by atoms with E-state index in [1.807, 2.05) is 0 Å². The number of carbonyl (C=O) groups is 2. The van der Waals surface area contributed by atoms with E-state index < -0.39 is 0 Å². The van der Waals surface area contributed by atoms with Gasteiger partial charge in [0.05, 0.1) is 31.1 Å². The molecule has 1 aliphatic carbocycles. The number of nitrogens with zero attached hydrogens (tertiary/aromatic N) is 1. The molecule has 0 heterocycles. The van der Waals surface area contributed by atoms with Gasteiger partial charge in [-0.1, -0.05) is 12.1 Å². The van der Waals surface area contributed by atoms with Crippen LogP contribution in [0.15, 0.2) is 23.4 Å². The van der Waals surface area contributed by atoms with Crippen molar-refractivity contribution in [2.75, 3.05) is 14.2 Å². The topological polar surface area (TPSA) is 85.2 Å². The number of ether oxygens (including phenoxy) is 2. The van der Waals surface area contributed by atoms with Gasteiger partial charge in [0.25, 0.3) is 0 Å². The maximum Gasteiger partial charge on any atom is 0.190 e. The van der Waals surface area contributed by atoms with Crippen molar-refractivity contribution in [2.24, 2.45) is 5.16 Å². The molecule has 110 valence electrons. The minimum atomic E-state index is -0.352. The van der Waals surface area contributed by atoms with Gasteiger partial charge < -0.3 is 14.7 Å². The molecule has 1 aromatic rings. The Morgan fingerprint density at radius 3 is 2.24 bits per heavy atom. The fourth-order valence-electron chi connectivity index (χ4n) is 2.34. The second kappa shape index (κ2) is 5.78. The first-order chi connectivity index (χ1) is 10.1. The van der Waals surface area contributed by atoms with E-state index in [1.54, 1.807) is 13.0 Å². The summed E-state index contributed by atoms with van der Waals surface area (Å²) in [6, 6.07) is 1.54. The standard InChI is InChI=1S/C15H15NO5/c1-4-9(16-19)8-7-12(20-2)13-10(17)5-6-11(18)14(13)15(8)21-3/h5-7,19H,4H2,1-3H3. The molecular formula is C15H15NO5. The quantitative estimate of drug-likeness (QED) is 0.522. The Balaban J connectivity index is 2.87. The number of hydrogen-bond donors (Lipinski definition) is 1. The van der Waals surface area contributed by atoms with Gasteiger partial charge in [-0.3, -0.25) is 9.59 Å². The monoisotopic (exact) mass is 289 g/mol. The summed E-state index contributed by atoms with van der Waals surface area (Å²) in [6.07, 6.45) is 2.82. The number of rotatable bonds is 4. The number of fused-ring (bicyclic) bond motifs is 1. The van der Waals surface area contributed by atoms with Gasteiger partial charge in [-0.05, 0) is 24.6 Å². The second-order valence-electron chi connectivity index (χ2n) is 4.37. The number of carbonyl (C=O) groups excluding carboxylic acids is 2. The molecule has 0 amide bonds. The van der Waals surface area contributed by atoms with Crippen LogP contribution in [0.2, 0.25) is 0 Å². The van der Waals surface area contributed by atoms with Crippen molar-refractivity contribution in [3.63, 3.8) is 0 Å². The number of ketones is 2. The van der Waals surface area contributed by atoms with Crippen molar-refractivity contribution in [3.05, 3.63) is 34.9 Å². The Bertz CT molecular complexity index is 673. The molecular weight excluding hydrogens is 274 g/mol. The van der Waals surface area contributed by atoms with E-state index in [1.165, 1.54) is 26.4 Å². The largest absolute Gasteiger partial charge is 0.496 e. The summed E-state index contributed by atoms with van der Waals surface area (Å²) in [4.78, 5) is 24.2. The summed E-state index contributed by atoms with van der Waals surface area (Å²) < 4.78 is 10.5. The average molecular weight is 289 g/mol. The van der Waals surface area contributed by atoms with Crippen LogP contribution in [0.3, 0.4) is 0 Å². The lowest BCUT2D eigenvalue weighted by Gasteiger charge is -2.20. The minimum Gasteiger partial charge on any atom is -0.496 e. The molecule has 0 unspecified atom stereocenters. The zero-order valence-electron chi connectivity index (χ0n) is 12.0. The van der Waals surface area contributed by atoms with Gasteiger partial charge in [0, 0.05) is 5.56 Å². The molecule has 2 rings (SSSR count). The molecule has 0 atom stereocenters. The summed E-state index contributed by atoms with van der Waals surface area (Å²) in [5.74, 6) is -0.221. The molecule has 6 nitrogen and oxygen atoms in total. The Hall–Kier alpha value is -2.63. The average Bonchev–Trinajstić information content (AvgIpc) is 2.51. The first kappa shape index (κ1) is 14.8. The lowest BCUT2D eigenvalue weighted by molar-refractivity contribution is 0.0989. The van der Waals surface area contributed by atoms with Crippen LogP contribution < -0.4 is 9.47 Å². The Labute approximate surface area is 121 Å². The molecule has 0 radical (unpaired) electrons. The highest BCUT2D eigenvalue weighted by Crippen LogP contribution is 2.38. The highest BCUT2D eigenvalue weighted by molar-refractivity contribution is 6.25. The molecule has 0 aliphatic heterocycles. The minimum absolute atomic E-state index is 0.133. The van der Waals surface area contributed by atoms with Crippen LogP contribution in [0.5, 0.6) is 11.5 Å². The van der Waals surface area contributed by atoms with Gasteiger partial charge in [-0.25, -0.2) is 0 Å². The van der Waals surface area contributed by atoms with Gasteiger partial charge in [-0.15, -0.1) is 0 Å². The summed E-state index contributed by atoms with van der Waals surface area (Å²) in [5, 5.41) is 12.3. The number of methoxy groups -OCH3 is 2. The normalized spacial score (nSPS) is 14.1. The first-order valence-electron chi connectivity index (χ1n) is 6.36. The SMILES string of the molecule is CCC(=NO)c1cc(OC)c2c(c1OC)C(=O)C=CC2=O. The highest BCUT2D eigenvalue weighted by atomic mass is 16.5. The number of allylic oxidation sites excluding steroid dienone is 2. The second-order valence-corrected chi connectivity index (χ2v) is 4.37. The van der Waals surface area contributed by atoms with Gasteiger partial charge >= 0.3 is 0 Å². The predicted molar refractivity (Wildman–Crippen MR) is 76.0 cm³/mol. The maximum atomic E-state index is 12.2. The lowest BCUT2D eigenvalue weighted by atomic mass is 9.89. The van der Waals surface area contributed by atoms with Crippen molar-refractivity contribution in [3.8, 4) is 11.5 Å². The molecule has 0 bridgehead atoms. The van der Waals surface area contributed by atoms with E-state index in [4.69, 9.17) is 14.7 Å². The Kier molecular flexibility index (Phi) is 4.07. The third-order valence-electron chi connectivity index (χ3n) is 3.31. The van der Waals surface area contributed by atoms with Crippen LogP contribution in [0.25, 0.3) is 0 Å². The maximum absolute atomic E-state index is 12.2. The smallest absolute Gasteiger partial charge is 0.190 e. The molecule has 21 heavy (non-hydrogen) atoms. The van der Waals surface area contributed by atoms with Crippen molar-refractivity contribution in [2.45, 2.75) is 13.3 Å². The van der Waals surface area contributed by atoms with Gasteiger partial charge in [0.15, 0.2) is 11.6 Å². The number of oxime groups is 1. The van der Waals surface area contributed by atoms with E-state index >= 15 is 0 Å². The molecule has 0 saturated heterocycles. The zero-order valence-corrected chi connectivity index (χ0v) is 12.0. The molecule has 1 aromatic carbocycles. The van der Waals surface area contributed by atoms with Gasteiger partial charge in [-0.2, -0.15) is 0 Å². The van der Waals surface area contributed by atoms with Gasteiger partial charge in [0.1, 0.15) is 11.5 Å². The summed E-state index contributed by atoms with van der Waals surface area (Å²) >= 11 is 0. The van der Waals surface area contributed by atoms with Crippen LogP contribution in [0.4, 0.5) is 0 Å². The number of benzene rings is 1. The Morgan fingerprint density at radius 1 is 1.14 bits per heavy atom. The van der Waals surface area contributed by atoms with E-state index in [-0.39, 0.29) is 34.2 Å². The van der Waals surface area contributed by atoms with E-state index in [2.05, 4.69) is 5.16 Å². The van der Waals surface area contributed by atoms with Crippen LogP contribution in [-0.2, 0) is 0 Å². The molecule has 1 N–H and O–H groups in total. The van der Waals surface area contributed by atoms with Crippen LogP contribution >= 0.6 is 0 Å². The molecule has 0 saturated carbocycles. The molecule has 0 spiro atoms. The summed E-state index contributed by atoms with van der Waals surface area (Å²) in [7, 11) is 2.80. The molecule has 6 heteroatoms. The van der Waals surface area contributed by atoms with Crippen molar-refractivity contribution in [1.82, 2.24) is 0 Å². The summed E-state index contributed by atoms with van der Waals surface area (Å²) in [6.45, 7) is 1.80. The van der Waals surface area contributed by atoms with E-state index in [0.717, 1.165) is 0 Å². The van der Waals surface area contributed by atoms with Crippen molar-refractivity contribution < 1.29 is 24.3 Å². The van der Waals surface area contributed by atoms with Crippen LogP contribution in [0.1, 0.15) is 39.6 Å². The lowest BCUT2D eigenvalue weighted by Crippen LogP contribution is -2.17. The molecule has 0 aromatic heterocycles. The van der Waals surface area contributed by atoms with Crippen molar-refractivity contribution in [1.29, 1.82) is 0 Å². The third-order valence-corrected chi connectivity index (χ3v) is 3.31. The van der Waals surface area contributed by atoms with Crippen molar-refractivity contribution >= 4 is 17.3 Å². The Morgan fingerprint density at radius 2 is 1.76 bits per heavy atom. The molecule has 0 fully saturated rings. The fraction of sp³-hybridized carbons (Fsp3) is 0.267. The van der Waals surface area contributed by atoms with Crippen LogP contribution in [0, 0.1) is 0 Å². The third kappa shape index (κ3) is 2.29. The first-order valence-corrected chi connectivity index (χ1v) is 6.36. The number of hydrogen-bond acceptors (Lipinski definition) is 6. The molecule has 1 aliphatic rings.